The summed E-state index contributed by atoms with van der Waals surface area (Å²) in [5, 5.41) is 11.0. The summed E-state index contributed by atoms with van der Waals surface area (Å²) in [5.41, 5.74) is 1.33. The summed E-state index contributed by atoms with van der Waals surface area (Å²) in [5.74, 6) is -0.0579. The van der Waals surface area contributed by atoms with Crippen molar-refractivity contribution < 1.29 is 17.6 Å². The van der Waals surface area contributed by atoms with E-state index in [2.05, 4.69) is 41.5 Å². The number of amides is 1. The van der Waals surface area contributed by atoms with Gasteiger partial charge in [0.2, 0.25) is 15.9 Å². The van der Waals surface area contributed by atoms with E-state index in [0.29, 0.717) is 36.2 Å². The van der Waals surface area contributed by atoms with Crippen LogP contribution in [0.1, 0.15) is 61.3 Å². The highest BCUT2D eigenvalue weighted by molar-refractivity contribution is 7.99. The summed E-state index contributed by atoms with van der Waals surface area (Å²) in [6.07, 6.45) is 4.29. The number of thioether (sulfide) groups is 1. The van der Waals surface area contributed by atoms with Gasteiger partial charge < -0.3 is 4.42 Å². The van der Waals surface area contributed by atoms with Crippen LogP contribution in [0.4, 0.5) is 6.01 Å². The summed E-state index contributed by atoms with van der Waals surface area (Å²) in [6.45, 7) is 5.37. The number of anilines is 1. The fourth-order valence-corrected chi connectivity index (χ4v) is 6.24. The summed E-state index contributed by atoms with van der Waals surface area (Å²) >= 11 is 1.80. The molecule has 4 rings (SSSR count). The van der Waals surface area contributed by atoms with Crippen LogP contribution in [-0.4, -0.2) is 47.2 Å². The number of hydrogen-bond donors (Lipinski definition) is 1. The first-order valence-electron chi connectivity index (χ1n) is 11.8. The molecule has 1 fully saturated rings. The number of nitrogens with zero attached hydrogens (tertiary/aromatic N) is 3. The van der Waals surface area contributed by atoms with Crippen LogP contribution >= 0.6 is 11.8 Å². The molecule has 0 unspecified atom stereocenters. The van der Waals surface area contributed by atoms with Crippen molar-refractivity contribution in [2.45, 2.75) is 61.0 Å². The van der Waals surface area contributed by atoms with E-state index in [1.165, 1.54) is 33.5 Å². The van der Waals surface area contributed by atoms with Crippen molar-refractivity contribution >= 4 is 33.7 Å². The van der Waals surface area contributed by atoms with Gasteiger partial charge in [-0.25, -0.2) is 8.42 Å². The molecule has 3 aromatic rings. The lowest BCUT2D eigenvalue weighted by molar-refractivity contribution is 0.102. The molecule has 0 radical (unpaired) electrons. The van der Waals surface area contributed by atoms with Gasteiger partial charge in [-0.1, -0.05) is 43.9 Å². The third-order valence-electron chi connectivity index (χ3n) is 5.66. The molecule has 1 saturated heterocycles. The largest absolute Gasteiger partial charge is 0.407 e. The quantitative estimate of drug-likeness (QED) is 0.423. The van der Waals surface area contributed by atoms with E-state index in [1.807, 2.05) is 12.1 Å². The van der Waals surface area contributed by atoms with E-state index < -0.39 is 15.9 Å². The van der Waals surface area contributed by atoms with Gasteiger partial charge in [-0.05, 0) is 54.8 Å². The van der Waals surface area contributed by atoms with Gasteiger partial charge in [0.25, 0.3) is 5.91 Å². The number of hydrogen-bond acceptors (Lipinski definition) is 7. The molecule has 1 aliphatic heterocycles. The number of rotatable bonds is 8. The average Bonchev–Trinajstić information content (AvgIpc) is 3.08. The molecular weight excluding hydrogens is 484 g/mol. The molecule has 1 N–H and O–H groups in total. The minimum Gasteiger partial charge on any atom is -0.407 e. The Kier molecular flexibility index (Phi) is 8.25. The zero-order valence-corrected chi connectivity index (χ0v) is 21.6. The standard InChI is InChI=1S/C25H30N4O4S2/c1-18(2)34-21-11-7-19(8-12-21)17-23-27-28-25(33-23)26-24(30)20-9-13-22(14-10-20)35(31,32)29-15-5-3-4-6-16-29/h7-14,18H,3-6,15-17H2,1-2H3,(H,26,28,30). The van der Waals surface area contributed by atoms with E-state index in [9.17, 15) is 13.2 Å². The molecule has 1 aromatic heterocycles. The summed E-state index contributed by atoms with van der Waals surface area (Å²) in [4.78, 5) is 14.0. The highest BCUT2D eigenvalue weighted by Gasteiger charge is 2.25. The van der Waals surface area contributed by atoms with Crippen molar-refractivity contribution in [3.63, 3.8) is 0 Å². The molecule has 2 heterocycles. The lowest BCUT2D eigenvalue weighted by atomic mass is 10.1. The Hall–Kier alpha value is -2.69. The number of nitrogens with one attached hydrogen (secondary N) is 1. The number of benzene rings is 2. The van der Waals surface area contributed by atoms with Crippen LogP contribution in [0.3, 0.4) is 0 Å². The van der Waals surface area contributed by atoms with Crippen molar-refractivity contribution in [2.75, 3.05) is 18.4 Å². The van der Waals surface area contributed by atoms with Crippen molar-refractivity contribution in [3.8, 4) is 0 Å². The maximum absolute atomic E-state index is 12.9. The predicted molar refractivity (Wildman–Crippen MR) is 136 cm³/mol. The second-order valence-corrected chi connectivity index (χ2v) is 12.4. The van der Waals surface area contributed by atoms with Crippen LogP contribution in [0.2, 0.25) is 0 Å². The van der Waals surface area contributed by atoms with Gasteiger partial charge in [0.1, 0.15) is 0 Å². The molecule has 186 valence electrons. The Morgan fingerprint density at radius 3 is 2.29 bits per heavy atom. The molecule has 8 nitrogen and oxygen atoms in total. The first kappa shape index (κ1) is 25.4. The smallest absolute Gasteiger partial charge is 0.322 e. The van der Waals surface area contributed by atoms with E-state index in [4.69, 9.17) is 4.42 Å². The van der Waals surface area contributed by atoms with Crippen LogP contribution < -0.4 is 5.32 Å². The number of sulfonamides is 1. The lowest BCUT2D eigenvalue weighted by Crippen LogP contribution is -2.31. The third-order valence-corrected chi connectivity index (χ3v) is 8.59. The monoisotopic (exact) mass is 514 g/mol. The average molecular weight is 515 g/mol. The Morgan fingerprint density at radius 2 is 1.66 bits per heavy atom. The predicted octanol–water partition coefficient (Wildman–Crippen LogP) is 4.98. The van der Waals surface area contributed by atoms with Crippen molar-refractivity contribution in [1.82, 2.24) is 14.5 Å². The first-order valence-corrected chi connectivity index (χ1v) is 14.1. The molecule has 0 aliphatic carbocycles. The first-order chi connectivity index (χ1) is 16.8. The molecule has 1 amide bonds. The van der Waals surface area contributed by atoms with Crippen molar-refractivity contribution in [3.05, 3.63) is 65.5 Å². The van der Waals surface area contributed by atoms with Crippen molar-refractivity contribution in [1.29, 1.82) is 0 Å². The normalized spacial score (nSPS) is 15.2. The Bertz CT molecular complexity index is 1230. The van der Waals surface area contributed by atoms with Gasteiger partial charge >= 0.3 is 6.01 Å². The van der Waals surface area contributed by atoms with Gasteiger partial charge in [0.05, 0.1) is 11.3 Å². The maximum atomic E-state index is 12.9. The number of carbonyl (C=O) groups is 1. The molecule has 0 saturated carbocycles. The SMILES string of the molecule is CC(C)Sc1ccc(Cc2nnc(NC(=O)c3ccc(S(=O)(=O)N4CCCCCC4)cc3)o2)cc1. The Labute approximate surface area is 210 Å². The zero-order chi connectivity index (χ0) is 24.8. The minimum atomic E-state index is -3.56. The van der Waals surface area contributed by atoms with E-state index >= 15 is 0 Å². The lowest BCUT2D eigenvalue weighted by Gasteiger charge is -2.19. The molecule has 1 aliphatic rings. The van der Waals surface area contributed by atoms with Crippen molar-refractivity contribution in [2.24, 2.45) is 0 Å². The summed E-state index contributed by atoms with van der Waals surface area (Å²) in [7, 11) is -3.56. The fourth-order valence-electron chi connectivity index (χ4n) is 3.89. The van der Waals surface area contributed by atoms with Gasteiger partial charge in [-0.2, -0.15) is 4.31 Å². The number of carbonyl (C=O) groups excluding carboxylic acids is 1. The van der Waals surface area contributed by atoms with E-state index in [0.717, 1.165) is 31.2 Å². The highest BCUT2D eigenvalue weighted by Crippen LogP contribution is 2.24. The summed E-state index contributed by atoms with van der Waals surface area (Å²) in [6, 6.07) is 14.1. The number of aromatic nitrogens is 2. The molecule has 2 aromatic carbocycles. The van der Waals surface area contributed by atoms with Gasteiger partial charge in [0, 0.05) is 28.8 Å². The second kappa shape index (κ2) is 11.4. The topological polar surface area (TPSA) is 105 Å². The van der Waals surface area contributed by atoms with E-state index in [1.54, 1.807) is 11.8 Å². The maximum Gasteiger partial charge on any atom is 0.322 e. The van der Waals surface area contributed by atoms with Crippen LogP contribution in [0.15, 0.2) is 62.7 Å². The minimum absolute atomic E-state index is 0.00162. The van der Waals surface area contributed by atoms with Crippen LogP contribution in [0.5, 0.6) is 0 Å². The molecule has 0 bridgehead atoms. The third kappa shape index (κ3) is 6.71. The molecular formula is C25H30N4O4S2. The van der Waals surface area contributed by atoms with Gasteiger partial charge in [0.15, 0.2) is 0 Å². The van der Waals surface area contributed by atoms with Crippen LogP contribution in [-0.2, 0) is 16.4 Å². The zero-order valence-electron chi connectivity index (χ0n) is 19.9. The second-order valence-electron chi connectivity index (χ2n) is 8.79. The van der Waals surface area contributed by atoms with Crippen LogP contribution in [0.25, 0.3) is 0 Å². The van der Waals surface area contributed by atoms with E-state index in [-0.39, 0.29) is 10.9 Å². The Morgan fingerprint density at radius 1 is 1.00 bits per heavy atom. The highest BCUT2D eigenvalue weighted by atomic mass is 32.2. The molecule has 0 spiro atoms. The van der Waals surface area contributed by atoms with Gasteiger partial charge in [-0.3, -0.25) is 10.1 Å². The fraction of sp³-hybridized carbons (Fsp3) is 0.400. The van der Waals surface area contributed by atoms with Crippen LogP contribution in [0, 0.1) is 0 Å². The molecule has 35 heavy (non-hydrogen) atoms. The molecule has 10 heteroatoms. The summed E-state index contributed by atoms with van der Waals surface area (Å²) < 4.78 is 33.0. The molecule has 0 atom stereocenters. The van der Waals surface area contributed by atoms with Gasteiger partial charge in [-0.15, -0.1) is 16.9 Å². The Balaban J connectivity index is 1.36.